The molecule has 90 valence electrons. The Morgan fingerprint density at radius 2 is 1.94 bits per heavy atom. The van der Waals surface area contributed by atoms with Crippen molar-refractivity contribution in [2.45, 2.75) is 0 Å². The van der Waals surface area contributed by atoms with Gasteiger partial charge in [-0.05, 0) is 18.2 Å². The molecular weight excluding hydrogens is 271 g/mol. The van der Waals surface area contributed by atoms with Crippen LogP contribution >= 0.6 is 23.2 Å². The molecule has 6 heteroatoms. The fourth-order valence-corrected chi connectivity index (χ4v) is 2.13. The third-order valence-electron chi connectivity index (χ3n) is 2.51. The molecule has 0 aliphatic heterocycles. The number of nitrogens with two attached hydrogens (primary N) is 1. The molecule has 0 fully saturated rings. The highest BCUT2D eigenvalue weighted by atomic mass is 35.5. The van der Waals surface area contributed by atoms with E-state index >= 15 is 0 Å². The maximum Gasteiger partial charge on any atom is 0.182 e. The quantitative estimate of drug-likeness (QED) is 0.743. The van der Waals surface area contributed by atoms with E-state index in [-0.39, 0.29) is 0 Å². The highest BCUT2D eigenvalue weighted by molar-refractivity contribution is 6.31. The van der Waals surface area contributed by atoms with Crippen LogP contribution in [0.25, 0.3) is 17.0 Å². The second kappa shape index (κ2) is 4.15. The number of nitrogens with zero attached hydrogens (tertiary/aromatic N) is 3. The molecule has 2 aromatic heterocycles. The zero-order valence-electron chi connectivity index (χ0n) is 9.14. The standard InChI is InChI=1S/C12H8Cl2N4/c13-8-3-1-2-7(4-8)11-16-12-10(15)5-9(14)6-18(12)17-11/h1-6H,15H2. The first-order valence-electron chi connectivity index (χ1n) is 5.21. The molecule has 0 saturated heterocycles. The van der Waals surface area contributed by atoms with Gasteiger partial charge in [0, 0.05) is 16.8 Å². The number of nitrogen functional groups attached to an aromatic ring is 1. The van der Waals surface area contributed by atoms with Crippen molar-refractivity contribution in [3.05, 3.63) is 46.6 Å². The third-order valence-corrected chi connectivity index (χ3v) is 2.95. The molecule has 0 spiro atoms. The van der Waals surface area contributed by atoms with Crippen molar-refractivity contribution in [2.24, 2.45) is 0 Å². The number of pyridine rings is 1. The SMILES string of the molecule is Nc1cc(Cl)cn2nc(-c3cccc(Cl)c3)nc12. The van der Waals surface area contributed by atoms with E-state index in [1.54, 1.807) is 28.9 Å². The van der Waals surface area contributed by atoms with E-state index in [1.807, 2.05) is 12.1 Å². The molecule has 0 radical (unpaired) electrons. The van der Waals surface area contributed by atoms with Crippen molar-refractivity contribution in [3.8, 4) is 11.4 Å². The van der Waals surface area contributed by atoms with Crippen LogP contribution in [-0.2, 0) is 0 Å². The lowest BCUT2D eigenvalue weighted by Gasteiger charge is -1.95. The van der Waals surface area contributed by atoms with Crippen LogP contribution in [0.5, 0.6) is 0 Å². The Hall–Kier alpha value is -1.78. The van der Waals surface area contributed by atoms with Crippen molar-refractivity contribution in [3.63, 3.8) is 0 Å². The van der Waals surface area contributed by atoms with Crippen LogP contribution in [0.4, 0.5) is 5.69 Å². The zero-order valence-corrected chi connectivity index (χ0v) is 10.7. The summed E-state index contributed by atoms with van der Waals surface area (Å²) in [5, 5.41) is 5.48. The van der Waals surface area contributed by atoms with E-state index in [0.717, 1.165) is 5.56 Å². The second-order valence-electron chi connectivity index (χ2n) is 3.83. The molecule has 0 bridgehead atoms. The van der Waals surface area contributed by atoms with Crippen LogP contribution in [0, 0.1) is 0 Å². The van der Waals surface area contributed by atoms with E-state index in [1.165, 1.54) is 0 Å². The summed E-state index contributed by atoms with van der Waals surface area (Å²) in [5.41, 5.74) is 7.75. The Morgan fingerprint density at radius 3 is 2.72 bits per heavy atom. The summed E-state index contributed by atoms with van der Waals surface area (Å²) in [7, 11) is 0. The molecule has 2 heterocycles. The van der Waals surface area contributed by atoms with Crippen molar-refractivity contribution in [1.82, 2.24) is 14.6 Å². The van der Waals surface area contributed by atoms with Gasteiger partial charge in [-0.1, -0.05) is 35.3 Å². The summed E-state index contributed by atoms with van der Waals surface area (Å²) in [6.45, 7) is 0. The summed E-state index contributed by atoms with van der Waals surface area (Å²) in [5.74, 6) is 0.562. The Labute approximate surface area is 113 Å². The van der Waals surface area contributed by atoms with Crippen molar-refractivity contribution in [1.29, 1.82) is 0 Å². The number of halogens is 2. The number of rotatable bonds is 1. The molecule has 1 aromatic carbocycles. The highest BCUT2D eigenvalue weighted by Gasteiger charge is 2.09. The van der Waals surface area contributed by atoms with Crippen molar-refractivity contribution < 1.29 is 0 Å². The molecule has 0 aliphatic rings. The van der Waals surface area contributed by atoms with E-state index in [4.69, 9.17) is 28.9 Å². The van der Waals surface area contributed by atoms with Crippen LogP contribution in [0.3, 0.4) is 0 Å². The molecule has 3 aromatic rings. The number of hydrogen-bond donors (Lipinski definition) is 1. The number of benzene rings is 1. The molecular formula is C12H8Cl2N4. The Morgan fingerprint density at radius 1 is 1.11 bits per heavy atom. The molecule has 0 amide bonds. The summed E-state index contributed by atoms with van der Waals surface area (Å²) in [4.78, 5) is 4.37. The minimum absolute atomic E-state index is 0.489. The average molecular weight is 279 g/mol. The van der Waals surface area contributed by atoms with Gasteiger partial charge >= 0.3 is 0 Å². The lowest BCUT2D eigenvalue weighted by Crippen LogP contribution is -1.93. The van der Waals surface area contributed by atoms with Crippen molar-refractivity contribution >= 4 is 34.5 Å². The first-order chi connectivity index (χ1) is 8.63. The second-order valence-corrected chi connectivity index (χ2v) is 4.70. The molecule has 3 rings (SSSR count). The van der Waals surface area contributed by atoms with Crippen molar-refractivity contribution in [2.75, 3.05) is 5.73 Å². The maximum absolute atomic E-state index is 5.94. The lowest BCUT2D eigenvalue weighted by molar-refractivity contribution is 0.967. The van der Waals surface area contributed by atoms with Crippen LogP contribution in [0.1, 0.15) is 0 Å². The molecule has 0 saturated carbocycles. The van der Waals surface area contributed by atoms with Gasteiger partial charge in [-0.15, -0.1) is 5.10 Å². The molecule has 2 N–H and O–H groups in total. The van der Waals surface area contributed by atoms with Gasteiger partial charge < -0.3 is 5.73 Å². The number of anilines is 1. The van der Waals surface area contributed by atoms with Gasteiger partial charge in [0.05, 0.1) is 10.7 Å². The van der Waals surface area contributed by atoms with Gasteiger partial charge in [0.1, 0.15) is 0 Å². The lowest BCUT2D eigenvalue weighted by atomic mass is 10.2. The Kier molecular flexibility index (Phi) is 2.61. The molecule has 18 heavy (non-hydrogen) atoms. The first-order valence-corrected chi connectivity index (χ1v) is 5.96. The monoisotopic (exact) mass is 278 g/mol. The molecule has 0 aliphatic carbocycles. The highest BCUT2D eigenvalue weighted by Crippen LogP contribution is 2.23. The molecule has 0 atom stereocenters. The maximum atomic E-state index is 5.94. The topological polar surface area (TPSA) is 56.2 Å². The Bertz CT molecular complexity index is 736. The van der Waals surface area contributed by atoms with Crippen LogP contribution in [0.2, 0.25) is 10.0 Å². The van der Waals surface area contributed by atoms with E-state index < -0.39 is 0 Å². The normalized spacial score (nSPS) is 11.0. The first kappa shape index (κ1) is 11.3. The van der Waals surface area contributed by atoms with Crippen LogP contribution in [-0.4, -0.2) is 14.6 Å². The van der Waals surface area contributed by atoms with Gasteiger partial charge in [-0.25, -0.2) is 9.50 Å². The number of hydrogen-bond acceptors (Lipinski definition) is 3. The smallest absolute Gasteiger partial charge is 0.182 e. The summed E-state index contributed by atoms with van der Waals surface area (Å²) in [6.07, 6.45) is 1.66. The van der Waals surface area contributed by atoms with E-state index in [2.05, 4.69) is 10.1 Å². The number of fused-ring (bicyclic) bond motifs is 1. The fraction of sp³-hybridized carbons (Fsp3) is 0. The number of aromatic nitrogens is 3. The van der Waals surface area contributed by atoms with Gasteiger partial charge in [-0.3, -0.25) is 0 Å². The summed E-state index contributed by atoms with van der Waals surface area (Å²) in [6, 6.07) is 8.98. The van der Waals surface area contributed by atoms with Crippen LogP contribution in [0.15, 0.2) is 36.5 Å². The van der Waals surface area contributed by atoms with Gasteiger partial charge in [0.2, 0.25) is 0 Å². The third kappa shape index (κ3) is 1.89. The molecule has 4 nitrogen and oxygen atoms in total. The van der Waals surface area contributed by atoms with Gasteiger partial charge in [0.25, 0.3) is 0 Å². The Balaban J connectivity index is 2.22. The zero-order chi connectivity index (χ0) is 12.7. The predicted octanol–water partition coefficient (Wildman–Crippen LogP) is 3.29. The van der Waals surface area contributed by atoms with E-state index in [9.17, 15) is 0 Å². The fourth-order valence-electron chi connectivity index (χ4n) is 1.73. The minimum atomic E-state index is 0.489. The summed E-state index contributed by atoms with van der Waals surface area (Å²) >= 11 is 11.9. The van der Waals surface area contributed by atoms with Crippen LogP contribution < -0.4 is 5.73 Å². The average Bonchev–Trinajstić information content (AvgIpc) is 2.73. The van der Waals surface area contributed by atoms with Gasteiger partial charge in [-0.2, -0.15) is 0 Å². The molecule has 0 unspecified atom stereocenters. The summed E-state index contributed by atoms with van der Waals surface area (Å²) < 4.78 is 1.56. The largest absolute Gasteiger partial charge is 0.396 e. The minimum Gasteiger partial charge on any atom is -0.396 e. The van der Waals surface area contributed by atoms with E-state index in [0.29, 0.717) is 27.2 Å². The predicted molar refractivity (Wildman–Crippen MR) is 72.9 cm³/mol. The van der Waals surface area contributed by atoms with Gasteiger partial charge in [0.15, 0.2) is 11.5 Å².